The molecule has 0 aliphatic rings. The van der Waals surface area contributed by atoms with Crippen molar-refractivity contribution in [2.24, 2.45) is 0 Å². The van der Waals surface area contributed by atoms with Gasteiger partial charge in [-0.2, -0.15) is 0 Å². The third-order valence-electron chi connectivity index (χ3n) is 3.67. The number of hydrogen-bond donors (Lipinski definition) is 1. The number of nitrogens with zero attached hydrogens (tertiary/aromatic N) is 2. The summed E-state index contributed by atoms with van der Waals surface area (Å²) in [5.74, 6) is 1.18. The van der Waals surface area contributed by atoms with E-state index >= 15 is 0 Å². The van der Waals surface area contributed by atoms with Crippen LogP contribution in [0.25, 0.3) is 11.4 Å². The summed E-state index contributed by atoms with van der Waals surface area (Å²) in [6, 6.07) is 16.9. The van der Waals surface area contributed by atoms with Crippen LogP contribution in [0.1, 0.15) is 17.3 Å². The molecule has 0 saturated heterocycles. The van der Waals surface area contributed by atoms with E-state index < -0.39 is 5.97 Å². The zero-order chi connectivity index (χ0) is 18.4. The van der Waals surface area contributed by atoms with Crippen LogP contribution >= 0.6 is 0 Å². The lowest BCUT2D eigenvalue weighted by Crippen LogP contribution is -2.11. The largest absolute Gasteiger partial charge is 0.497 e. The first-order valence-electron chi connectivity index (χ1n) is 8.22. The van der Waals surface area contributed by atoms with Gasteiger partial charge in [-0.15, -0.1) is 0 Å². The van der Waals surface area contributed by atoms with Crippen molar-refractivity contribution in [3.05, 3.63) is 66.4 Å². The van der Waals surface area contributed by atoms with E-state index in [1.165, 1.54) is 6.20 Å². The van der Waals surface area contributed by atoms with Crippen LogP contribution in [-0.2, 0) is 4.74 Å². The molecule has 132 valence electrons. The summed E-state index contributed by atoms with van der Waals surface area (Å²) >= 11 is 0. The minimum Gasteiger partial charge on any atom is -0.497 e. The first-order chi connectivity index (χ1) is 12.7. The van der Waals surface area contributed by atoms with Crippen molar-refractivity contribution in [1.29, 1.82) is 0 Å². The highest BCUT2D eigenvalue weighted by Crippen LogP contribution is 2.24. The Kier molecular flexibility index (Phi) is 5.43. The van der Waals surface area contributed by atoms with Gasteiger partial charge in [0.1, 0.15) is 17.1 Å². The Morgan fingerprint density at radius 3 is 2.46 bits per heavy atom. The lowest BCUT2D eigenvalue weighted by molar-refractivity contribution is 0.0526. The van der Waals surface area contributed by atoms with E-state index in [0.717, 1.165) is 17.0 Å². The van der Waals surface area contributed by atoms with E-state index in [1.807, 2.05) is 54.6 Å². The number of carbonyl (C=O) groups is 1. The molecular weight excluding hydrogens is 330 g/mol. The molecule has 0 fully saturated rings. The van der Waals surface area contributed by atoms with Gasteiger partial charge in [-0.1, -0.05) is 18.2 Å². The molecule has 0 spiro atoms. The summed E-state index contributed by atoms with van der Waals surface area (Å²) in [7, 11) is 1.61. The lowest BCUT2D eigenvalue weighted by atomic mass is 10.2. The third kappa shape index (κ3) is 3.97. The zero-order valence-corrected chi connectivity index (χ0v) is 14.6. The lowest BCUT2D eigenvalue weighted by Gasteiger charge is -2.12. The highest BCUT2D eigenvalue weighted by Gasteiger charge is 2.17. The zero-order valence-electron chi connectivity index (χ0n) is 14.6. The molecule has 3 aromatic rings. The van der Waals surface area contributed by atoms with Gasteiger partial charge >= 0.3 is 5.97 Å². The van der Waals surface area contributed by atoms with E-state index in [-0.39, 0.29) is 12.2 Å². The molecule has 26 heavy (non-hydrogen) atoms. The van der Waals surface area contributed by atoms with Crippen LogP contribution in [0.5, 0.6) is 5.75 Å². The molecule has 1 heterocycles. The molecule has 0 radical (unpaired) electrons. The highest BCUT2D eigenvalue weighted by atomic mass is 16.5. The maximum absolute atomic E-state index is 12.2. The van der Waals surface area contributed by atoms with Gasteiger partial charge < -0.3 is 14.8 Å². The molecule has 0 aliphatic heterocycles. The van der Waals surface area contributed by atoms with E-state index in [9.17, 15) is 4.79 Å². The Bertz CT molecular complexity index is 881. The summed E-state index contributed by atoms with van der Waals surface area (Å²) in [6.45, 7) is 2.04. The summed E-state index contributed by atoms with van der Waals surface area (Å²) in [5, 5.41) is 3.17. The summed E-state index contributed by atoms with van der Waals surface area (Å²) in [4.78, 5) is 21.1. The van der Waals surface area contributed by atoms with Gasteiger partial charge in [0, 0.05) is 17.4 Å². The number of aromatic nitrogens is 2. The van der Waals surface area contributed by atoms with Gasteiger partial charge in [0.15, 0.2) is 5.82 Å². The molecule has 3 rings (SSSR count). The van der Waals surface area contributed by atoms with E-state index in [4.69, 9.17) is 9.47 Å². The number of methoxy groups -OCH3 is 1. The summed E-state index contributed by atoms with van der Waals surface area (Å²) in [5.41, 5.74) is 1.92. The fraction of sp³-hybridized carbons (Fsp3) is 0.150. The molecule has 0 unspecified atom stereocenters. The molecular formula is C20H19N3O3. The molecule has 0 saturated carbocycles. The van der Waals surface area contributed by atoms with Crippen molar-refractivity contribution in [2.45, 2.75) is 6.92 Å². The topological polar surface area (TPSA) is 73.3 Å². The molecule has 2 aromatic carbocycles. The number of nitrogens with one attached hydrogen (secondary N) is 1. The maximum atomic E-state index is 12.2. The minimum atomic E-state index is -0.466. The van der Waals surface area contributed by atoms with Crippen LogP contribution in [0.2, 0.25) is 0 Å². The molecule has 1 aromatic heterocycles. The predicted molar refractivity (Wildman–Crippen MR) is 99.7 cm³/mol. The van der Waals surface area contributed by atoms with Gasteiger partial charge in [0.05, 0.1) is 13.7 Å². The molecule has 0 aliphatic carbocycles. The molecule has 0 bridgehead atoms. The van der Waals surface area contributed by atoms with Gasteiger partial charge in [0.25, 0.3) is 0 Å². The Labute approximate surface area is 151 Å². The van der Waals surface area contributed by atoms with Crippen molar-refractivity contribution in [3.8, 4) is 17.1 Å². The second-order valence-corrected chi connectivity index (χ2v) is 5.40. The van der Waals surface area contributed by atoms with Crippen LogP contribution in [0.4, 0.5) is 11.5 Å². The first-order valence-corrected chi connectivity index (χ1v) is 8.22. The van der Waals surface area contributed by atoms with Crippen molar-refractivity contribution < 1.29 is 14.3 Å². The van der Waals surface area contributed by atoms with Crippen LogP contribution in [-0.4, -0.2) is 29.7 Å². The Balaban J connectivity index is 1.99. The number of esters is 1. The van der Waals surface area contributed by atoms with Gasteiger partial charge in [0.2, 0.25) is 0 Å². The number of carbonyl (C=O) groups excluding carboxylic acids is 1. The summed E-state index contributed by atoms with van der Waals surface area (Å²) in [6.07, 6.45) is 1.48. The number of rotatable bonds is 6. The van der Waals surface area contributed by atoms with Crippen LogP contribution in [0.3, 0.4) is 0 Å². The number of benzene rings is 2. The standard InChI is InChI=1S/C20H19N3O3/c1-3-26-20(24)17-13-21-18(14-9-11-16(25-2)12-10-14)23-19(17)22-15-7-5-4-6-8-15/h4-13H,3H2,1-2H3,(H,21,22,23). The van der Waals surface area contributed by atoms with E-state index in [2.05, 4.69) is 15.3 Å². The average molecular weight is 349 g/mol. The average Bonchev–Trinajstić information content (AvgIpc) is 2.69. The Morgan fingerprint density at radius 1 is 1.08 bits per heavy atom. The van der Waals surface area contributed by atoms with Gasteiger partial charge in [-0.05, 0) is 43.3 Å². The van der Waals surface area contributed by atoms with Crippen molar-refractivity contribution in [3.63, 3.8) is 0 Å². The SMILES string of the molecule is CCOC(=O)c1cnc(-c2ccc(OC)cc2)nc1Nc1ccccc1. The molecule has 0 amide bonds. The smallest absolute Gasteiger partial charge is 0.343 e. The number of anilines is 2. The summed E-state index contributed by atoms with van der Waals surface area (Å²) < 4.78 is 10.3. The molecule has 0 atom stereocenters. The monoisotopic (exact) mass is 349 g/mol. The van der Waals surface area contributed by atoms with Crippen molar-refractivity contribution >= 4 is 17.5 Å². The Hall–Kier alpha value is -3.41. The second kappa shape index (κ2) is 8.11. The molecule has 6 heteroatoms. The predicted octanol–water partition coefficient (Wildman–Crippen LogP) is 4.07. The van der Waals surface area contributed by atoms with Crippen LogP contribution in [0.15, 0.2) is 60.8 Å². The molecule has 6 nitrogen and oxygen atoms in total. The normalized spacial score (nSPS) is 10.2. The first kappa shape index (κ1) is 17.4. The highest BCUT2D eigenvalue weighted by molar-refractivity contribution is 5.95. The number of para-hydroxylation sites is 1. The maximum Gasteiger partial charge on any atom is 0.343 e. The Morgan fingerprint density at radius 2 is 1.81 bits per heavy atom. The molecule has 1 N–H and O–H groups in total. The van der Waals surface area contributed by atoms with Crippen LogP contribution in [0, 0.1) is 0 Å². The number of ether oxygens (including phenoxy) is 2. The van der Waals surface area contributed by atoms with Crippen LogP contribution < -0.4 is 10.1 Å². The fourth-order valence-corrected chi connectivity index (χ4v) is 2.37. The van der Waals surface area contributed by atoms with Gasteiger partial charge in [-0.3, -0.25) is 0 Å². The number of hydrogen-bond acceptors (Lipinski definition) is 6. The minimum absolute atomic E-state index is 0.282. The third-order valence-corrected chi connectivity index (χ3v) is 3.67. The van der Waals surface area contributed by atoms with Crippen molar-refractivity contribution in [2.75, 3.05) is 19.0 Å². The van der Waals surface area contributed by atoms with E-state index in [1.54, 1.807) is 14.0 Å². The van der Waals surface area contributed by atoms with Gasteiger partial charge in [-0.25, -0.2) is 14.8 Å². The van der Waals surface area contributed by atoms with E-state index in [0.29, 0.717) is 11.6 Å². The quantitative estimate of drug-likeness (QED) is 0.676. The second-order valence-electron chi connectivity index (χ2n) is 5.40. The fourth-order valence-electron chi connectivity index (χ4n) is 2.37. The van der Waals surface area contributed by atoms with Crippen molar-refractivity contribution in [1.82, 2.24) is 9.97 Å².